The topological polar surface area (TPSA) is 34.9 Å². The normalized spacial score (nSPS) is 25.5. The van der Waals surface area contributed by atoms with Gasteiger partial charge in [-0.15, -0.1) is 0 Å². The molecule has 1 unspecified atom stereocenters. The Bertz CT molecular complexity index is 379. The molecule has 0 N–H and O–H groups in total. The number of carbonyl (C=O) groups excluding carboxylic acids is 1. The molecule has 1 saturated carbocycles. The van der Waals surface area contributed by atoms with E-state index in [-0.39, 0.29) is 11.5 Å². The van der Waals surface area contributed by atoms with Gasteiger partial charge in [0.1, 0.15) is 5.78 Å². The average Bonchev–Trinajstić information content (AvgIpc) is 2.56. The number of aromatic nitrogens is 2. The molecular formula is C12H18N2O. The third-order valence-electron chi connectivity index (χ3n) is 3.42. The van der Waals surface area contributed by atoms with Crippen LogP contribution < -0.4 is 0 Å². The van der Waals surface area contributed by atoms with Crippen LogP contribution in [-0.2, 0) is 4.79 Å². The van der Waals surface area contributed by atoms with Crippen LogP contribution in [0.1, 0.15) is 44.7 Å². The average molecular weight is 206 g/mol. The Labute approximate surface area is 90.5 Å². The maximum atomic E-state index is 11.5. The Hall–Kier alpha value is -1.12. The Balaban J connectivity index is 2.29. The lowest BCUT2D eigenvalue weighted by Gasteiger charge is -2.37. The third kappa shape index (κ3) is 1.96. The molecule has 1 heterocycles. The molecule has 0 bridgehead atoms. The number of hydrogen-bond acceptors (Lipinski definition) is 2. The van der Waals surface area contributed by atoms with Crippen molar-refractivity contribution in [2.75, 3.05) is 0 Å². The standard InChI is InChI=1S/C12H18N2O/c1-9-7-13-14(8-9)11-6-10(15)4-5-12(11,2)3/h7-8,11H,4-6H2,1-3H3. The molecule has 0 aliphatic heterocycles. The highest BCUT2D eigenvalue weighted by Gasteiger charge is 2.37. The minimum Gasteiger partial charge on any atom is -0.300 e. The zero-order chi connectivity index (χ0) is 11.1. The van der Waals surface area contributed by atoms with E-state index >= 15 is 0 Å². The van der Waals surface area contributed by atoms with Crippen LogP contribution in [0.15, 0.2) is 12.4 Å². The van der Waals surface area contributed by atoms with Gasteiger partial charge in [0.2, 0.25) is 0 Å². The van der Waals surface area contributed by atoms with Gasteiger partial charge in [-0.2, -0.15) is 5.10 Å². The summed E-state index contributed by atoms with van der Waals surface area (Å²) in [6.07, 6.45) is 6.22. The lowest BCUT2D eigenvalue weighted by molar-refractivity contribution is -0.124. The van der Waals surface area contributed by atoms with Gasteiger partial charge < -0.3 is 0 Å². The van der Waals surface area contributed by atoms with Crippen molar-refractivity contribution in [2.45, 2.75) is 46.1 Å². The van der Waals surface area contributed by atoms with Crippen molar-refractivity contribution in [1.82, 2.24) is 9.78 Å². The van der Waals surface area contributed by atoms with Crippen molar-refractivity contribution < 1.29 is 4.79 Å². The van der Waals surface area contributed by atoms with Crippen LogP contribution in [0.25, 0.3) is 0 Å². The SMILES string of the molecule is Cc1cnn(C2CC(=O)CCC2(C)C)c1. The molecule has 82 valence electrons. The smallest absolute Gasteiger partial charge is 0.135 e. The van der Waals surface area contributed by atoms with E-state index < -0.39 is 0 Å². The van der Waals surface area contributed by atoms with Crippen LogP contribution in [-0.4, -0.2) is 15.6 Å². The van der Waals surface area contributed by atoms with E-state index in [4.69, 9.17) is 0 Å². The predicted molar refractivity (Wildman–Crippen MR) is 58.6 cm³/mol. The summed E-state index contributed by atoms with van der Waals surface area (Å²) < 4.78 is 1.96. The molecule has 2 rings (SSSR count). The molecule has 0 saturated heterocycles. The monoisotopic (exact) mass is 206 g/mol. The van der Waals surface area contributed by atoms with Gasteiger partial charge in [-0.1, -0.05) is 13.8 Å². The van der Waals surface area contributed by atoms with Crippen LogP contribution in [0.2, 0.25) is 0 Å². The molecule has 1 fully saturated rings. The molecule has 1 aliphatic rings. The van der Waals surface area contributed by atoms with Crippen LogP contribution >= 0.6 is 0 Å². The first-order chi connectivity index (χ1) is 6.99. The Kier molecular flexibility index (Phi) is 2.41. The maximum Gasteiger partial charge on any atom is 0.135 e. The maximum absolute atomic E-state index is 11.5. The van der Waals surface area contributed by atoms with Gasteiger partial charge in [0.05, 0.1) is 12.2 Å². The molecule has 1 aromatic rings. The number of carbonyl (C=O) groups is 1. The second-order valence-electron chi connectivity index (χ2n) is 5.24. The van der Waals surface area contributed by atoms with E-state index in [0.29, 0.717) is 12.2 Å². The number of hydrogen-bond donors (Lipinski definition) is 0. The molecule has 0 radical (unpaired) electrons. The van der Waals surface area contributed by atoms with Gasteiger partial charge >= 0.3 is 0 Å². The number of Topliss-reactive ketones (excluding diaryl/α,β-unsaturated/α-hetero) is 1. The second kappa shape index (κ2) is 3.47. The molecule has 0 aromatic carbocycles. The van der Waals surface area contributed by atoms with Crippen LogP contribution in [0, 0.1) is 12.3 Å². The summed E-state index contributed by atoms with van der Waals surface area (Å²) in [6, 6.07) is 0.229. The molecule has 0 amide bonds. The summed E-state index contributed by atoms with van der Waals surface area (Å²) in [5.74, 6) is 0.368. The van der Waals surface area contributed by atoms with Gasteiger partial charge in [-0.05, 0) is 24.3 Å². The first kappa shape index (κ1) is 10.4. The number of rotatable bonds is 1. The predicted octanol–water partition coefficient (Wildman–Crippen LogP) is 2.51. The highest BCUT2D eigenvalue weighted by molar-refractivity contribution is 5.79. The van der Waals surface area contributed by atoms with E-state index in [9.17, 15) is 4.79 Å². The lowest BCUT2D eigenvalue weighted by atomic mass is 9.73. The fraction of sp³-hybridized carbons (Fsp3) is 0.667. The van der Waals surface area contributed by atoms with Crippen molar-refractivity contribution in [1.29, 1.82) is 0 Å². The molecule has 3 heteroatoms. The minimum atomic E-state index is 0.173. The van der Waals surface area contributed by atoms with E-state index in [0.717, 1.165) is 18.4 Å². The molecule has 1 aromatic heterocycles. The van der Waals surface area contributed by atoms with E-state index in [1.807, 2.05) is 24.0 Å². The van der Waals surface area contributed by atoms with E-state index in [2.05, 4.69) is 18.9 Å². The second-order valence-corrected chi connectivity index (χ2v) is 5.24. The molecule has 1 atom stereocenters. The quantitative estimate of drug-likeness (QED) is 0.707. The summed E-state index contributed by atoms with van der Waals surface area (Å²) in [6.45, 7) is 6.48. The van der Waals surface area contributed by atoms with Crippen molar-refractivity contribution in [3.8, 4) is 0 Å². The van der Waals surface area contributed by atoms with E-state index in [1.165, 1.54) is 0 Å². The van der Waals surface area contributed by atoms with Crippen molar-refractivity contribution in [2.24, 2.45) is 5.41 Å². The highest BCUT2D eigenvalue weighted by atomic mass is 16.1. The van der Waals surface area contributed by atoms with Crippen molar-refractivity contribution in [3.05, 3.63) is 18.0 Å². The summed E-state index contributed by atoms with van der Waals surface area (Å²) >= 11 is 0. The van der Waals surface area contributed by atoms with Gasteiger partial charge in [0.15, 0.2) is 0 Å². The van der Waals surface area contributed by atoms with Gasteiger partial charge in [0.25, 0.3) is 0 Å². The minimum absolute atomic E-state index is 0.173. The molecule has 3 nitrogen and oxygen atoms in total. The van der Waals surface area contributed by atoms with Gasteiger partial charge in [0, 0.05) is 19.0 Å². The lowest BCUT2D eigenvalue weighted by Crippen LogP contribution is -2.34. The van der Waals surface area contributed by atoms with Gasteiger partial charge in [-0.3, -0.25) is 9.48 Å². The Morgan fingerprint density at radius 3 is 2.87 bits per heavy atom. The highest BCUT2D eigenvalue weighted by Crippen LogP contribution is 2.42. The molecule has 1 aliphatic carbocycles. The number of aryl methyl sites for hydroxylation is 1. The van der Waals surface area contributed by atoms with Crippen LogP contribution in [0.3, 0.4) is 0 Å². The first-order valence-electron chi connectivity index (χ1n) is 5.51. The first-order valence-corrected chi connectivity index (χ1v) is 5.51. The summed E-state index contributed by atoms with van der Waals surface area (Å²) in [4.78, 5) is 11.5. The van der Waals surface area contributed by atoms with Crippen molar-refractivity contribution in [3.63, 3.8) is 0 Å². The third-order valence-corrected chi connectivity index (χ3v) is 3.42. The largest absolute Gasteiger partial charge is 0.300 e. The summed E-state index contributed by atoms with van der Waals surface area (Å²) in [7, 11) is 0. The fourth-order valence-corrected chi connectivity index (χ4v) is 2.28. The zero-order valence-electron chi connectivity index (χ0n) is 9.66. The molecule has 0 spiro atoms. The Morgan fingerprint density at radius 1 is 1.53 bits per heavy atom. The van der Waals surface area contributed by atoms with Gasteiger partial charge in [-0.25, -0.2) is 0 Å². The fourth-order valence-electron chi connectivity index (χ4n) is 2.28. The zero-order valence-corrected chi connectivity index (χ0v) is 9.66. The summed E-state index contributed by atoms with van der Waals surface area (Å²) in [5.41, 5.74) is 1.33. The van der Waals surface area contributed by atoms with E-state index in [1.54, 1.807) is 0 Å². The van der Waals surface area contributed by atoms with Crippen LogP contribution in [0.5, 0.6) is 0 Å². The number of nitrogens with zero attached hydrogens (tertiary/aromatic N) is 2. The molecule has 15 heavy (non-hydrogen) atoms. The van der Waals surface area contributed by atoms with Crippen molar-refractivity contribution >= 4 is 5.78 Å². The van der Waals surface area contributed by atoms with Crippen LogP contribution in [0.4, 0.5) is 0 Å². The summed E-state index contributed by atoms with van der Waals surface area (Å²) in [5, 5.41) is 4.33. The number of ketones is 1. The Morgan fingerprint density at radius 2 is 2.27 bits per heavy atom. The molecular weight excluding hydrogens is 188 g/mol.